The van der Waals surface area contributed by atoms with Gasteiger partial charge in [0.2, 0.25) is 0 Å². The zero-order valence-corrected chi connectivity index (χ0v) is 6.63. The molecule has 5 heteroatoms. The van der Waals surface area contributed by atoms with Gasteiger partial charge in [0.25, 0.3) is 0 Å². The van der Waals surface area contributed by atoms with E-state index in [1.54, 1.807) is 0 Å². The number of hydrogen-bond acceptors (Lipinski definition) is 4. The first-order valence-corrected chi connectivity index (χ1v) is 1.75. The zero-order chi connectivity index (χ0) is 5.86. The molecule has 0 heterocycles. The third-order valence-corrected chi connectivity index (χ3v) is 0.499. The molecule has 0 radical (unpaired) electrons. The second-order valence-electron chi connectivity index (χ2n) is 1.11. The van der Waals surface area contributed by atoms with Crippen molar-refractivity contribution >= 4 is 5.97 Å². The van der Waals surface area contributed by atoms with Crippen LogP contribution in [0.2, 0.25) is 0 Å². The Hall–Kier alpha value is 0.390. The van der Waals surface area contributed by atoms with Gasteiger partial charge in [-0.3, -0.25) is 0 Å². The summed E-state index contributed by atoms with van der Waals surface area (Å²) in [6.07, 6.45) is 0. The van der Waals surface area contributed by atoms with Gasteiger partial charge in [-0.2, -0.15) is 0 Å². The van der Waals surface area contributed by atoms with Crippen molar-refractivity contribution in [2.24, 2.45) is 5.73 Å². The molecule has 0 bridgehead atoms. The predicted molar refractivity (Wildman–Crippen MR) is 20.1 cm³/mol. The minimum Gasteiger partial charge on any atom is -0.548 e. The summed E-state index contributed by atoms with van der Waals surface area (Å²) >= 11 is 0. The molecule has 0 aromatic rings. The first-order chi connectivity index (χ1) is 3.18. The fourth-order valence-corrected chi connectivity index (χ4v) is 0.0745. The molecule has 0 aromatic carbocycles. The number of carboxylic acid groups (broad SMARTS) is 1. The van der Waals surface area contributed by atoms with Crippen LogP contribution in [-0.4, -0.2) is 23.7 Å². The van der Waals surface area contributed by atoms with Crippen molar-refractivity contribution in [1.82, 2.24) is 0 Å². The van der Waals surface area contributed by atoms with Crippen LogP contribution in [0.15, 0.2) is 0 Å². The van der Waals surface area contributed by atoms with E-state index >= 15 is 0 Å². The molecular formula is C3H6NNaO3. The van der Waals surface area contributed by atoms with Crippen LogP contribution in [0.1, 0.15) is 0 Å². The maximum atomic E-state index is 9.53. The number of rotatable bonds is 2. The predicted octanol–water partition coefficient (Wildman–Crippen LogP) is -5.94. The summed E-state index contributed by atoms with van der Waals surface area (Å²) in [4.78, 5) is 9.53. The summed E-state index contributed by atoms with van der Waals surface area (Å²) in [5, 5.41) is 17.5. The smallest absolute Gasteiger partial charge is 0.548 e. The SMILES string of the molecule is NC(CO)C(=O)[O-].[Na+]. The molecule has 4 nitrogen and oxygen atoms in total. The third-order valence-electron chi connectivity index (χ3n) is 0.499. The fraction of sp³-hybridized carbons (Fsp3) is 0.667. The maximum absolute atomic E-state index is 9.53. The molecule has 0 saturated heterocycles. The summed E-state index contributed by atoms with van der Waals surface area (Å²) in [5.41, 5.74) is 4.70. The van der Waals surface area contributed by atoms with E-state index < -0.39 is 18.6 Å². The van der Waals surface area contributed by atoms with Crippen LogP contribution in [0.5, 0.6) is 0 Å². The van der Waals surface area contributed by atoms with Crippen LogP contribution in [-0.2, 0) is 4.79 Å². The minimum atomic E-state index is -1.43. The van der Waals surface area contributed by atoms with E-state index in [-0.39, 0.29) is 29.6 Å². The normalized spacial score (nSPS) is 11.8. The van der Waals surface area contributed by atoms with Crippen molar-refractivity contribution in [3.63, 3.8) is 0 Å². The number of carboxylic acids is 1. The van der Waals surface area contributed by atoms with Gasteiger partial charge in [-0.05, 0) is 0 Å². The summed E-state index contributed by atoms with van der Waals surface area (Å²) < 4.78 is 0. The van der Waals surface area contributed by atoms with Crippen molar-refractivity contribution in [3.05, 3.63) is 0 Å². The Labute approximate surface area is 69.0 Å². The molecule has 0 saturated carbocycles. The van der Waals surface area contributed by atoms with Crippen LogP contribution in [0.3, 0.4) is 0 Å². The Kier molecular flexibility index (Phi) is 7.75. The molecule has 0 aliphatic heterocycles. The van der Waals surface area contributed by atoms with Gasteiger partial charge in [0.1, 0.15) is 0 Å². The number of aliphatic hydroxyl groups excluding tert-OH is 1. The van der Waals surface area contributed by atoms with Gasteiger partial charge in [0.15, 0.2) is 0 Å². The van der Waals surface area contributed by atoms with Crippen molar-refractivity contribution < 1.29 is 44.6 Å². The van der Waals surface area contributed by atoms with E-state index in [0.29, 0.717) is 0 Å². The van der Waals surface area contributed by atoms with Gasteiger partial charge < -0.3 is 20.7 Å². The van der Waals surface area contributed by atoms with Crippen molar-refractivity contribution in [2.45, 2.75) is 6.04 Å². The number of aliphatic carboxylic acids is 1. The number of nitrogens with two attached hydrogens (primary N) is 1. The molecule has 0 fully saturated rings. The van der Waals surface area contributed by atoms with Crippen molar-refractivity contribution in [3.8, 4) is 0 Å². The molecule has 0 aliphatic rings. The molecule has 0 aromatic heterocycles. The van der Waals surface area contributed by atoms with Crippen LogP contribution in [0.4, 0.5) is 0 Å². The van der Waals surface area contributed by atoms with E-state index in [0.717, 1.165) is 0 Å². The summed E-state index contributed by atoms with van der Waals surface area (Å²) in [6.45, 7) is -0.567. The average molecular weight is 127 g/mol. The van der Waals surface area contributed by atoms with E-state index in [1.807, 2.05) is 0 Å². The first-order valence-electron chi connectivity index (χ1n) is 1.75. The third kappa shape index (κ3) is 4.55. The molecule has 3 N–H and O–H groups in total. The van der Waals surface area contributed by atoms with Crippen LogP contribution < -0.4 is 40.4 Å². The molecule has 0 spiro atoms. The summed E-state index contributed by atoms with van der Waals surface area (Å²) in [6, 6.07) is -1.24. The Balaban J connectivity index is 0. The second kappa shape index (κ2) is 5.53. The summed E-state index contributed by atoms with van der Waals surface area (Å²) in [7, 11) is 0. The van der Waals surface area contributed by atoms with Gasteiger partial charge in [-0.1, -0.05) is 0 Å². The molecule has 42 valence electrons. The maximum Gasteiger partial charge on any atom is 1.00 e. The zero-order valence-electron chi connectivity index (χ0n) is 4.63. The van der Waals surface area contributed by atoms with Crippen LogP contribution in [0.25, 0.3) is 0 Å². The van der Waals surface area contributed by atoms with E-state index in [4.69, 9.17) is 10.8 Å². The topological polar surface area (TPSA) is 86.4 Å². The molecule has 0 rings (SSSR count). The van der Waals surface area contributed by atoms with Gasteiger partial charge in [-0.15, -0.1) is 0 Å². The average Bonchev–Trinajstić information content (AvgIpc) is 1.65. The largest absolute Gasteiger partial charge is 1.00 e. The Morgan fingerprint density at radius 3 is 2.25 bits per heavy atom. The van der Waals surface area contributed by atoms with E-state index in [1.165, 1.54) is 0 Å². The second-order valence-corrected chi connectivity index (χ2v) is 1.11. The first kappa shape index (κ1) is 11.2. The number of carbonyl (C=O) groups excluding carboxylic acids is 1. The minimum absolute atomic E-state index is 0. The Bertz CT molecular complexity index is 76.9. The molecule has 1 unspecified atom stereocenters. The van der Waals surface area contributed by atoms with Gasteiger partial charge in [-0.25, -0.2) is 0 Å². The van der Waals surface area contributed by atoms with Crippen molar-refractivity contribution in [1.29, 1.82) is 0 Å². The fourth-order valence-electron chi connectivity index (χ4n) is 0.0745. The standard InChI is InChI=1S/C3H7NO3.Na/c4-2(1-5)3(6)7;/h2,5H,1,4H2,(H,6,7);/q;+1/p-1. The van der Waals surface area contributed by atoms with E-state index in [9.17, 15) is 9.90 Å². The molecular weight excluding hydrogens is 121 g/mol. The number of aliphatic hydroxyl groups is 1. The molecule has 0 amide bonds. The Morgan fingerprint density at radius 2 is 2.25 bits per heavy atom. The molecule has 8 heavy (non-hydrogen) atoms. The van der Waals surface area contributed by atoms with Crippen molar-refractivity contribution in [2.75, 3.05) is 6.61 Å². The van der Waals surface area contributed by atoms with Crippen LogP contribution in [0, 0.1) is 0 Å². The van der Waals surface area contributed by atoms with E-state index in [2.05, 4.69) is 0 Å². The number of carbonyl (C=O) groups is 1. The van der Waals surface area contributed by atoms with Crippen LogP contribution >= 0.6 is 0 Å². The monoisotopic (exact) mass is 127 g/mol. The Morgan fingerprint density at radius 1 is 1.88 bits per heavy atom. The molecule has 0 aliphatic carbocycles. The van der Waals surface area contributed by atoms with Gasteiger partial charge in [0.05, 0.1) is 18.6 Å². The quantitative estimate of drug-likeness (QED) is 0.361. The van der Waals surface area contributed by atoms with Gasteiger partial charge in [0, 0.05) is 0 Å². The van der Waals surface area contributed by atoms with Gasteiger partial charge >= 0.3 is 29.6 Å². The summed E-state index contributed by atoms with van der Waals surface area (Å²) in [5.74, 6) is -1.43. The molecule has 1 atom stereocenters. The number of hydrogen-bond donors (Lipinski definition) is 2.